The predicted octanol–water partition coefficient (Wildman–Crippen LogP) is 1.66. The number of hydrogen-bond donors (Lipinski definition) is 1. The number of aromatic nitrogens is 1. The van der Waals surface area contributed by atoms with Crippen LogP contribution in [0.2, 0.25) is 0 Å². The lowest BCUT2D eigenvalue weighted by Gasteiger charge is -2.34. The van der Waals surface area contributed by atoms with Gasteiger partial charge in [-0.1, -0.05) is 12.1 Å². The lowest BCUT2D eigenvalue weighted by atomic mass is 10.2. The van der Waals surface area contributed by atoms with Gasteiger partial charge in [0, 0.05) is 45.3 Å². The standard InChI is InChI=1S/C20H28N4O4S/c1-27-19-6-3-17(4-7-19)16-24-11-9-23(10-12-24)13-14-29(25,26)22-18-5-8-20(28-2)21-15-18/h3-8,15,22H,9-14,16H2,1-2H3. The monoisotopic (exact) mass is 420 g/mol. The molecule has 0 spiro atoms. The molecule has 29 heavy (non-hydrogen) atoms. The van der Waals surface area contributed by atoms with E-state index in [4.69, 9.17) is 9.47 Å². The first-order valence-corrected chi connectivity index (χ1v) is 11.2. The predicted molar refractivity (Wildman–Crippen MR) is 113 cm³/mol. The number of piperazine rings is 1. The summed E-state index contributed by atoms with van der Waals surface area (Å²) < 4.78 is 37.4. The van der Waals surface area contributed by atoms with Gasteiger partial charge in [0.05, 0.1) is 31.9 Å². The van der Waals surface area contributed by atoms with Crippen molar-refractivity contribution in [1.82, 2.24) is 14.8 Å². The summed E-state index contributed by atoms with van der Waals surface area (Å²) in [6, 6.07) is 11.4. The summed E-state index contributed by atoms with van der Waals surface area (Å²) in [5.41, 5.74) is 1.69. The summed E-state index contributed by atoms with van der Waals surface area (Å²) in [6.07, 6.45) is 1.45. The minimum Gasteiger partial charge on any atom is -0.497 e. The van der Waals surface area contributed by atoms with Crippen molar-refractivity contribution in [3.05, 3.63) is 48.2 Å². The number of pyridine rings is 1. The van der Waals surface area contributed by atoms with Gasteiger partial charge < -0.3 is 9.47 Å². The molecule has 1 saturated heterocycles. The van der Waals surface area contributed by atoms with Crippen LogP contribution in [-0.4, -0.2) is 75.9 Å². The molecule has 1 aliphatic heterocycles. The third-order valence-corrected chi connectivity index (χ3v) is 6.19. The fraction of sp³-hybridized carbons (Fsp3) is 0.450. The third-order valence-electron chi connectivity index (χ3n) is 4.93. The molecule has 0 unspecified atom stereocenters. The smallest absolute Gasteiger partial charge is 0.234 e. The molecule has 1 aromatic carbocycles. The number of sulfonamides is 1. The quantitative estimate of drug-likeness (QED) is 0.660. The van der Waals surface area contributed by atoms with E-state index in [1.54, 1.807) is 19.2 Å². The summed E-state index contributed by atoms with van der Waals surface area (Å²) >= 11 is 0. The maximum absolute atomic E-state index is 12.3. The molecule has 0 aliphatic carbocycles. The Morgan fingerprint density at radius 2 is 1.66 bits per heavy atom. The molecule has 1 aromatic heterocycles. The molecule has 9 heteroatoms. The summed E-state index contributed by atoms with van der Waals surface area (Å²) in [7, 11) is -0.239. The molecule has 1 aliphatic rings. The van der Waals surface area contributed by atoms with Crippen molar-refractivity contribution in [2.24, 2.45) is 0 Å². The Balaban J connectivity index is 1.41. The zero-order valence-corrected chi connectivity index (χ0v) is 17.7. The maximum atomic E-state index is 12.3. The number of benzene rings is 1. The van der Waals surface area contributed by atoms with Crippen molar-refractivity contribution in [3.8, 4) is 11.6 Å². The van der Waals surface area contributed by atoms with Gasteiger partial charge in [0.15, 0.2) is 0 Å². The fourth-order valence-corrected chi connectivity index (χ4v) is 4.28. The fourth-order valence-electron chi connectivity index (χ4n) is 3.20. The minimum atomic E-state index is -3.42. The number of hydrogen-bond acceptors (Lipinski definition) is 7. The zero-order chi connectivity index (χ0) is 20.7. The van der Waals surface area contributed by atoms with E-state index in [0.29, 0.717) is 18.1 Å². The molecule has 2 aromatic rings. The van der Waals surface area contributed by atoms with E-state index in [9.17, 15) is 8.42 Å². The molecule has 0 bridgehead atoms. The molecule has 158 valence electrons. The Morgan fingerprint density at radius 3 is 2.24 bits per heavy atom. The molecule has 3 rings (SSSR count). The number of nitrogens with one attached hydrogen (secondary N) is 1. The molecule has 1 fully saturated rings. The van der Waals surface area contributed by atoms with Crippen LogP contribution in [0.3, 0.4) is 0 Å². The van der Waals surface area contributed by atoms with Crippen LogP contribution >= 0.6 is 0 Å². The number of methoxy groups -OCH3 is 2. The van der Waals surface area contributed by atoms with Crippen LogP contribution in [-0.2, 0) is 16.6 Å². The molecule has 1 N–H and O–H groups in total. The first kappa shape index (κ1) is 21.4. The zero-order valence-electron chi connectivity index (χ0n) is 16.9. The van der Waals surface area contributed by atoms with Gasteiger partial charge >= 0.3 is 0 Å². The molecular weight excluding hydrogens is 392 g/mol. The van der Waals surface area contributed by atoms with Crippen LogP contribution in [0.15, 0.2) is 42.6 Å². The highest BCUT2D eigenvalue weighted by atomic mass is 32.2. The average molecular weight is 421 g/mol. The maximum Gasteiger partial charge on any atom is 0.234 e. The van der Waals surface area contributed by atoms with Gasteiger partial charge in [-0.3, -0.25) is 14.5 Å². The highest BCUT2D eigenvalue weighted by Gasteiger charge is 2.19. The van der Waals surface area contributed by atoms with E-state index in [1.165, 1.54) is 18.9 Å². The van der Waals surface area contributed by atoms with Crippen LogP contribution in [0.25, 0.3) is 0 Å². The van der Waals surface area contributed by atoms with Gasteiger partial charge in [0.2, 0.25) is 15.9 Å². The van der Waals surface area contributed by atoms with Crippen molar-refractivity contribution in [1.29, 1.82) is 0 Å². The van der Waals surface area contributed by atoms with Crippen LogP contribution in [0.5, 0.6) is 11.6 Å². The van der Waals surface area contributed by atoms with Crippen LogP contribution in [0.1, 0.15) is 5.56 Å². The minimum absolute atomic E-state index is 0.0531. The lowest BCUT2D eigenvalue weighted by molar-refractivity contribution is 0.132. The van der Waals surface area contributed by atoms with Crippen molar-refractivity contribution in [2.45, 2.75) is 6.54 Å². The van der Waals surface area contributed by atoms with Crippen LogP contribution < -0.4 is 14.2 Å². The second-order valence-corrected chi connectivity index (χ2v) is 8.82. The van der Waals surface area contributed by atoms with Crippen molar-refractivity contribution >= 4 is 15.7 Å². The van der Waals surface area contributed by atoms with Gasteiger partial charge in [0.25, 0.3) is 0 Å². The summed E-state index contributed by atoms with van der Waals surface area (Å²) in [4.78, 5) is 8.59. The first-order valence-electron chi connectivity index (χ1n) is 9.55. The normalized spacial score (nSPS) is 15.8. The molecular formula is C20H28N4O4S. The van der Waals surface area contributed by atoms with E-state index in [2.05, 4.69) is 31.6 Å². The Hall–Kier alpha value is -2.36. The van der Waals surface area contributed by atoms with Gasteiger partial charge in [-0.15, -0.1) is 0 Å². The van der Waals surface area contributed by atoms with Gasteiger partial charge in [-0.25, -0.2) is 13.4 Å². The van der Waals surface area contributed by atoms with E-state index in [1.807, 2.05) is 12.1 Å². The van der Waals surface area contributed by atoms with Gasteiger partial charge in [-0.05, 0) is 23.8 Å². The topological polar surface area (TPSA) is 84.0 Å². The molecule has 0 saturated carbocycles. The highest BCUT2D eigenvalue weighted by molar-refractivity contribution is 7.92. The first-order chi connectivity index (χ1) is 14.0. The summed E-state index contributed by atoms with van der Waals surface area (Å²) in [5, 5.41) is 0. The second-order valence-electron chi connectivity index (χ2n) is 6.98. The number of nitrogens with zero attached hydrogens (tertiary/aromatic N) is 3. The van der Waals surface area contributed by atoms with E-state index < -0.39 is 10.0 Å². The largest absolute Gasteiger partial charge is 0.497 e. The van der Waals surface area contributed by atoms with Gasteiger partial charge in [-0.2, -0.15) is 0 Å². The Kier molecular flexibility index (Phi) is 7.29. The van der Waals surface area contributed by atoms with Crippen molar-refractivity contribution in [3.63, 3.8) is 0 Å². The Bertz CT molecular complexity index is 864. The number of ether oxygens (including phenoxy) is 2. The van der Waals surface area contributed by atoms with E-state index in [-0.39, 0.29) is 5.75 Å². The average Bonchev–Trinajstić information content (AvgIpc) is 2.74. The molecule has 0 radical (unpaired) electrons. The summed E-state index contributed by atoms with van der Waals surface area (Å²) in [5.74, 6) is 1.36. The second kappa shape index (κ2) is 9.91. The number of rotatable bonds is 9. The molecule has 0 amide bonds. The number of anilines is 1. The molecule has 0 atom stereocenters. The third kappa shape index (κ3) is 6.59. The molecule has 2 heterocycles. The van der Waals surface area contributed by atoms with Crippen molar-refractivity contribution < 1.29 is 17.9 Å². The Morgan fingerprint density at radius 1 is 0.966 bits per heavy atom. The van der Waals surface area contributed by atoms with E-state index >= 15 is 0 Å². The SMILES string of the molecule is COc1ccc(CN2CCN(CCS(=O)(=O)Nc3ccc(OC)nc3)CC2)cc1. The summed E-state index contributed by atoms with van der Waals surface area (Å²) in [6.45, 7) is 4.95. The van der Waals surface area contributed by atoms with Gasteiger partial charge in [0.1, 0.15) is 5.75 Å². The van der Waals surface area contributed by atoms with E-state index in [0.717, 1.165) is 38.5 Å². The van der Waals surface area contributed by atoms with Crippen molar-refractivity contribution in [2.75, 3.05) is 57.4 Å². The highest BCUT2D eigenvalue weighted by Crippen LogP contribution is 2.15. The Labute approximate surface area is 172 Å². The van der Waals surface area contributed by atoms with Crippen LogP contribution in [0, 0.1) is 0 Å². The van der Waals surface area contributed by atoms with Crippen LogP contribution in [0.4, 0.5) is 5.69 Å². The lowest BCUT2D eigenvalue weighted by Crippen LogP contribution is -2.47. The molecule has 8 nitrogen and oxygen atoms in total.